The van der Waals surface area contributed by atoms with E-state index in [1.54, 1.807) is 20.1 Å². The number of ketones is 1. The largest absolute Gasteiger partial charge is 0.497 e. The van der Waals surface area contributed by atoms with Gasteiger partial charge in [-0.3, -0.25) is 4.79 Å². The molecule has 110 valence electrons. The zero-order valence-corrected chi connectivity index (χ0v) is 12.8. The molecule has 0 aliphatic rings. The van der Waals surface area contributed by atoms with Crippen molar-refractivity contribution in [3.8, 4) is 11.5 Å². The van der Waals surface area contributed by atoms with Crippen molar-refractivity contribution < 1.29 is 14.3 Å². The van der Waals surface area contributed by atoms with Gasteiger partial charge in [-0.15, -0.1) is 0 Å². The molecule has 0 aliphatic heterocycles. The summed E-state index contributed by atoms with van der Waals surface area (Å²) in [5, 5.41) is 0. The maximum absolute atomic E-state index is 12.5. The molecule has 3 heteroatoms. The maximum atomic E-state index is 12.5. The van der Waals surface area contributed by atoms with Gasteiger partial charge in [0, 0.05) is 11.6 Å². The fourth-order valence-corrected chi connectivity index (χ4v) is 2.15. The molecule has 2 aromatic rings. The van der Waals surface area contributed by atoms with E-state index >= 15 is 0 Å². The lowest BCUT2D eigenvalue weighted by Gasteiger charge is -2.16. The highest BCUT2D eigenvalue weighted by atomic mass is 16.5. The first-order valence-corrected chi connectivity index (χ1v) is 6.93. The van der Waals surface area contributed by atoms with E-state index in [2.05, 4.69) is 0 Å². The molecule has 2 rings (SSSR count). The smallest absolute Gasteiger partial charge is 0.203 e. The second-order valence-corrected chi connectivity index (χ2v) is 5.12. The normalized spacial score (nSPS) is 11.8. The van der Waals surface area contributed by atoms with Crippen molar-refractivity contribution in [2.45, 2.75) is 26.9 Å². The number of hydrogen-bond donors (Lipinski definition) is 0. The van der Waals surface area contributed by atoms with Crippen LogP contribution in [0.25, 0.3) is 0 Å². The molecule has 1 unspecified atom stereocenters. The van der Waals surface area contributed by atoms with Gasteiger partial charge < -0.3 is 9.47 Å². The van der Waals surface area contributed by atoms with Crippen LogP contribution in [0.5, 0.6) is 11.5 Å². The minimum atomic E-state index is -0.544. The summed E-state index contributed by atoms with van der Waals surface area (Å²) in [4.78, 5) is 12.5. The van der Waals surface area contributed by atoms with Gasteiger partial charge in [-0.1, -0.05) is 23.8 Å². The second kappa shape index (κ2) is 6.44. The van der Waals surface area contributed by atoms with Gasteiger partial charge in [0.1, 0.15) is 11.5 Å². The molecule has 0 aromatic heterocycles. The number of benzene rings is 2. The van der Waals surface area contributed by atoms with E-state index < -0.39 is 6.10 Å². The highest BCUT2D eigenvalue weighted by Crippen LogP contribution is 2.21. The first-order valence-electron chi connectivity index (χ1n) is 6.93. The van der Waals surface area contributed by atoms with Gasteiger partial charge in [-0.25, -0.2) is 0 Å². The molecule has 0 saturated heterocycles. The molecule has 0 N–H and O–H groups in total. The van der Waals surface area contributed by atoms with Crippen LogP contribution in [0.1, 0.15) is 28.4 Å². The molecule has 0 radical (unpaired) electrons. The Bertz CT molecular complexity index is 647. The van der Waals surface area contributed by atoms with Crippen LogP contribution in [0.3, 0.4) is 0 Å². The van der Waals surface area contributed by atoms with Crippen LogP contribution in [-0.2, 0) is 0 Å². The van der Waals surface area contributed by atoms with E-state index in [1.165, 1.54) is 0 Å². The van der Waals surface area contributed by atoms with Gasteiger partial charge in [-0.2, -0.15) is 0 Å². The first kappa shape index (κ1) is 15.1. The Morgan fingerprint density at radius 2 is 1.76 bits per heavy atom. The summed E-state index contributed by atoms with van der Waals surface area (Å²) < 4.78 is 10.9. The molecular weight excluding hydrogens is 264 g/mol. The van der Waals surface area contributed by atoms with E-state index in [0.29, 0.717) is 17.1 Å². The number of hydrogen-bond acceptors (Lipinski definition) is 3. The summed E-state index contributed by atoms with van der Waals surface area (Å²) in [5.74, 6) is 1.32. The van der Waals surface area contributed by atoms with Crippen LogP contribution < -0.4 is 9.47 Å². The third-order valence-electron chi connectivity index (χ3n) is 3.38. The SMILES string of the molecule is COc1cccc(OC(C)C(=O)c2cc(C)ccc2C)c1. The van der Waals surface area contributed by atoms with Crippen molar-refractivity contribution in [2.75, 3.05) is 7.11 Å². The van der Waals surface area contributed by atoms with Gasteiger partial charge in [0.05, 0.1) is 7.11 Å². The minimum absolute atomic E-state index is 0.0148. The number of carbonyl (C=O) groups is 1. The van der Waals surface area contributed by atoms with Crippen molar-refractivity contribution in [1.82, 2.24) is 0 Å². The molecule has 21 heavy (non-hydrogen) atoms. The van der Waals surface area contributed by atoms with Gasteiger partial charge >= 0.3 is 0 Å². The van der Waals surface area contributed by atoms with Gasteiger partial charge in [-0.05, 0) is 44.5 Å². The van der Waals surface area contributed by atoms with Gasteiger partial charge in [0.25, 0.3) is 0 Å². The van der Waals surface area contributed by atoms with E-state index in [9.17, 15) is 4.79 Å². The molecule has 0 fully saturated rings. The summed E-state index contributed by atoms with van der Waals surface area (Å²) in [6.07, 6.45) is -0.544. The summed E-state index contributed by atoms with van der Waals surface area (Å²) in [7, 11) is 1.60. The fraction of sp³-hybridized carbons (Fsp3) is 0.278. The Morgan fingerprint density at radius 3 is 2.48 bits per heavy atom. The molecule has 0 bridgehead atoms. The van der Waals surface area contributed by atoms with Crippen molar-refractivity contribution in [3.05, 3.63) is 59.2 Å². The molecule has 0 heterocycles. The van der Waals surface area contributed by atoms with Crippen LogP contribution >= 0.6 is 0 Å². The molecule has 0 aliphatic carbocycles. The standard InChI is InChI=1S/C18H20O3/c1-12-8-9-13(2)17(10-12)18(19)14(3)21-16-7-5-6-15(11-16)20-4/h5-11,14H,1-4H3. The molecule has 1 atom stereocenters. The number of aryl methyl sites for hydroxylation is 2. The molecule has 2 aromatic carbocycles. The Hall–Kier alpha value is -2.29. The Balaban J connectivity index is 2.17. The predicted molar refractivity (Wildman–Crippen MR) is 83.3 cm³/mol. The van der Waals surface area contributed by atoms with E-state index in [4.69, 9.17) is 9.47 Å². The summed E-state index contributed by atoms with van der Waals surface area (Å²) in [5.41, 5.74) is 2.75. The van der Waals surface area contributed by atoms with Crippen molar-refractivity contribution in [1.29, 1.82) is 0 Å². The predicted octanol–water partition coefficient (Wildman–Crippen LogP) is 3.96. The van der Waals surface area contributed by atoms with Crippen LogP contribution in [0.15, 0.2) is 42.5 Å². The van der Waals surface area contributed by atoms with Crippen LogP contribution in [0.2, 0.25) is 0 Å². The zero-order valence-electron chi connectivity index (χ0n) is 12.8. The molecule has 3 nitrogen and oxygen atoms in total. The van der Waals surface area contributed by atoms with Crippen molar-refractivity contribution >= 4 is 5.78 Å². The number of Topliss-reactive ketones (excluding diaryl/α,β-unsaturated/α-hetero) is 1. The second-order valence-electron chi connectivity index (χ2n) is 5.12. The molecule has 0 saturated carbocycles. The van der Waals surface area contributed by atoms with E-state index in [-0.39, 0.29) is 5.78 Å². The van der Waals surface area contributed by atoms with Crippen molar-refractivity contribution in [2.24, 2.45) is 0 Å². The monoisotopic (exact) mass is 284 g/mol. The maximum Gasteiger partial charge on any atom is 0.203 e. The molecule has 0 spiro atoms. The van der Waals surface area contributed by atoms with Gasteiger partial charge in [0.2, 0.25) is 5.78 Å². The molecule has 0 amide bonds. The number of carbonyl (C=O) groups excluding carboxylic acids is 1. The Labute approximate surface area is 125 Å². The summed E-state index contributed by atoms with van der Waals surface area (Å²) >= 11 is 0. The Kier molecular flexibility index (Phi) is 4.63. The van der Waals surface area contributed by atoms with E-state index in [1.807, 2.05) is 50.2 Å². The third-order valence-corrected chi connectivity index (χ3v) is 3.38. The lowest BCUT2D eigenvalue weighted by Crippen LogP contribution is -2.24. The van der Waals surface area contributed by atoms with Crippen LogP contribution in [0, 0.1) is 13.8 Å². The van der Waals surface area contributed by atoms with Crippen molar-refractivity contribution in [3.63, 3.8) is 0 Å². The first-order chi connectivity index (χ1) is 10.0. The van der Waals surface area contributed by atoms with Gasteiger partial charge in [0.15, 0.2) is 6.10 Å². The average Bonchev–Trinajstić information content (AvgIpc) is 2.49. The number of ether oxygens (including phenoxy) is 2. The van der Waals surface area contributed by atoms with E-state index in [0.717, 1.165) is 11.1 Å². The van der Waals surface area contributed by atoms with Crippen LogP contribution in [-0.4, -0.2) is 19.0 Å². The number of rotatable bonds is 5. The topological polar surface area (TPSA) is 35.5 Å². The third kappa shape index (κ3) is 3.63. The summed E-state index contributed by atoms with van der Waals surface area (Å²) in [6.45, 7) is 5.68. The quantitative estimate of drug-likeness (QED) is 0.780. The molecular formula is C18H20O3. The lowest BCUT2D eigenvalue weighted by molar-refractivity contribution is 0.0817. The lowest BCUT2D eigenvalue weighted by atomic mass is 9.99. The van der Waals surface area contributed by atoms with Crippen LogP contribution in [0.4, 0.5) is 0 Å². The highest BCUT2D eigenvalue weighted by Gasteiger charge is 2.19. The average molecular weight is 284 g/mol. The zero-order chi connectivity index (χ0) is 15.4. The fourth-order valence-electron chi connectivity index (χ4n) is 2.15. The highest BCUT2D eigenvalue weighted by molar-refractivity contribution is 6.00. The summed E-state index contributed by atoms with van der Waals surface area (Å²) in [6, 6.07) is 13.1. The number of methoxy groups -OCH3 is 1. The minimum Gasteiger partial charge on any atom is -0.497 e. The Morgan fingerprint density at radius 1 is 1.05 bits per heavy atom.